The molecule has 0 aliphatic heterocycles. The Kier molecular flexibility index (Phi) is 5.01. The van der Waals surface area contributed by atoms with E-state index in [1.165, 1.54) is 0 Å². The highest BCUT2D eigenvalue weighted by Crippen LogP contribution is 2.19. The number of aryl methyl sites for hydroxylation is 1. The molecule has 0 radical (unpaired) electrons. The first-order chi connectivity index (χ1) is 8.13. The maximum absolute atomic E-state index is 12.3. The number of rotatable bonds is 5. The van der Waals surface area contributed by atoms with Crippen LogP contribution in [0.1, 0.15) is 36.7 Å². The van der Waals surface area contributed by atoms with Crippen LogP contribution >= 0.6 is 0 Å². The number of amides is 1. The van der Waals surface area contributed by atoms with E-state index in [9.17, 15) is 4.79 Å². The molecule has 0 bridgehead atoms. The minimum atomic E-state index is 0.106. The van der Waals surface area contributed by atoms with Gasteiger partial charge in [0.05, 0.1) is 5.56 Å². The highest BCUT2D eigenvalue weighted by Gasteiger charge is 2.16. The van der Waals surface area contributed by atoms with E-state index >= 15 is 0 Å². The molecule has 0 saturated heterocycles. The fourth-order valence-electron chi connectivity index (χ4n) is 1.86. The summed E-state index contributed by atoms with van der Waals surface area (Å²) in [6.45, 7) is 10.4. The van der Waals surface area contributed by atoms with Crippen LogP contribution in [0.2, 0.25) is 0 Å². The van der Waals surface area contributed by atoms with Crippen molar-refractivity contribution in [1.82, 2.24) is 4.90 Å². The summed E-state index contributed by atoms with van der Waals surface area (Å²) in [5, 5.41) is 3.24. The Hall–Kier alpha value is -1.51. The third-order valence-electron chi connectivity index (χ3n) is 2.82. The maximum Gasteiger partial charge on any atom is 0.255 e. The van der Waals surface area contributed by atoms with E-state index in [4.69, 9.17) is 0 Å². The van der Waals surface area contributed by atoms with Gasteiger partial charge in [-0.05, 0) is 39.8 Å². The first-order valence-electron chi connectivity index (χ1n) is 6.27. The zero-order chi connectivity index (χ0) is 12.8. The van der Waals surface area contributed by atoms with Crippen molar-refractivity contribution in [3.63, 3.8) is 0 Å². The van der Waals surface area contributed by atoms with Gasteiger partial charge in [0.15, 0.2) is 0 Å². The van der Waals surface area contributed by atoms with E-state index in [1.807, 2.05) is 50.8 Å². The van der Waals surface area contributed by atoms with Crippen LogP contribution in [0.25, 0.3) is 0 Å². The van der Waals surface area contributed by atoms with Crippen molar-refractivity contribution < 1.29 is 4.79 Å². The van der Waals surface area contributed by atoms with Crippen molar-refractivity contribution in [1.29, 1.82) is 0 Å². The lowest BCUT2D eigenvalue weighted by molar-refractivity contribution is 0.0774. The lowest BCUT2D eigenvalue weighted by atomic mass is 10.1. The molecule has 3 heteroatoms. The molecule has 0 aromatic heterocycles. The van der Waals surface area contributed by atoms with Crippen LogP contribution in [0, 0.1) is 6.92 Å². The van der Waals surface area contributed by atoms with Gasteiger partial charge in [-0.15, -0.1) is 0 Å². The average molecular weight is 234 g/mol. The van der Waals surface area contributed by atoms with Gasteiger partial charge in [-0.2, -0.15) is 0 Å². The Balaban J connectivity index is 3.09. The third-order valence-corrected chi connectivity index (χ3v) is 2.82. The Morgan fingerprint density at radius 3 is 2.41 bits per heavy atom. The molecule has 1 aromatic carbocycles. The summed E-state index contributed by atoms with van der Waals surface area (Å²) in [6.07, 6.45) is 0. The zero-order valence-electron chi connectivity index (χ0n) is 11.2. The molecule has 0 fully saturated rings. The molecule has 94 valence electrons. The number of hydrogen-bond donors (Lipinski definition) is 1. The zero-order valence-corrected chi connectivity index (χ0v) is 11.2. The molecule has 0 aliphatic rings. The van der Waals surface area contributed by atoms with Crippen LogP contribution in [0.3, 0.4) is 0 Å². The van der Waals surface area contributed by atoms with Gasteiger partial charge in [-0.3, -0.25) is 4.79 Å². The SMILES string of the molecule is CCNc1ccc(C)cc1C(=O)N(CC)CC. The first kappa shape index (κ1) is 13.6. The van der Waals surface area contributed by atoms with Gasteiger partial charge in [0, 0.05) is 25.3 Å². The van der Waals surface area contributed by atoms with Crippen molar-refractivity contribution in [2.24, 2.45) is 0 Å². The predicted octanol–water partition coefficient (Wildman–Crippen LogP) is 2.91. The molecule has 1 amide bonds. The lowest BCUT2D eigenvalue weighted by Crippen LogP contribution is -2.31. The van der Waals surface area contributed by atoms with Crippen LogP contribution in [0.5, 0.6) is 0 Å². The minimum absolute atomic E-state index is 0.106. The Morgan fingerprint density at radius 2 is 1.88 bits per heavy atom. The van der Waals surface area contributed by atoms with Crippen LogP contribution in [-0.4, -0.2) is 30.4 Å². The topological polar surface area (TPSA) is 32.3 Å². The maximum atomic E-state index is 12.3. The van der Waals surface area contributed by atoms with Crippen LogP contribution in [-0.2, 0) is 0 Å². The normalized spacial score (nSPS) is 10.1. The van der Waals surface area contributed by atoms with Gasteiger partial charge in [0.1, 0.15) is 0 Å². The molecule has 0 spiro atoms. The van der Waals surface area contributed by atoms with Crippen molar-refractivity contribution in [3.8, 4) is 0 Å². The van der Waals surface area contributed by atoms with Gasteiger partial charge in [0.2, 0.25) is 0 Å². The molecule has 17 heavy (non-hydrogen) atoms. The molecule has 0 saturated carbocycles. The molecular weight excluding hydrogens is 212 g/mol. The molecule has 1 aromatic rings. The second-order valence-electron chi connectivity index (χ2n) is 4.06. The van der Waals surface area contributed by atoms with Crippen molar-refractivity contribution in [2.45, 2.75) is 27.7 Å². The highest BCUT2D eigenvalue weighted by molar-refractivity contribution is 5.99. The lowest BCUT2D eigenvalue weighted by Gasteiger charge is -2.21. The van der Waals surface area contributed by atoms with E-state index < -0.39 is 0 Å². The van der Waals surface area contributed by atoms with Crippen molar-refractivity contribution >= 4 is 11.6 Å². The van der Waals surface area contributed by atoms with E-state index in [1.54, 1.807) is 0 Å². The summed E-state index contributed by atoms with van der Waals surface area (Å²) >= 11 is 0. The predicted molar refractivity (Wildman–Crippen MR) is 72.6 cm³/mol. The number of anilines is 1. The van der Waals surface area contributed by atoms with E-state index in [0.717, 1.165) is 36.4 Å². The second kappa shape index (κ2) is 6.28. The smallest absolute Gasteiger partial charge is 0.255 e. The number of nitrogens with zero attached hydrogens (tertiary/aromatic N) is 1. The molecule has 0 heterocycles. The van der Waals surface area contributed by atoms with Gasteiger partial charge in [0.25, 0.3) is 5.91 Å². The Labute approximate surface area is 104 Å². The summed E-state index contributed by atoms with van der Waals surface area (Å²) in [6, 6.07) is 5.96. The third kappa shape index (κ3) is 3.22. The molecule has 0 atom stereocenters. The van der Waals surface area contributed by atoms with Gasteiger partial charge in [-0.25, -0.2) is 0 Å². The van der Waals surface area contributed by atoms with Crippen molar-refractivity contribution in [3.05, 3.63) is 29.3 Å². The quantitative estimate of drug-likeness (QED) is 0.849. The summed E-state index contributed by atoms with van der Waals surface area (Å²) in [5.74, 6) is 0.106. The number of hydrogen-bond acceptors (Lipinski definition) is 2. The summed E-state index contributed by atoms with van der Waals surface area (Å²) < 4.78 is 0. The first-order valence-corrected chi connectivity index (χ1v) is 6.27. The Morgan fingerprint density at radius 1 is 1.24 bits per heavy atom. The van der Waals surface area contributed by atoms with Crippen molar-refractivity contribution in [2.75, 3.05) is 25.0 Å². The van der Waals surface area contributed by atoms with Gasteiger partial charge < -0.3 is 10.2 Å². The monoisotopic (exact) mass is 234 g/mol. The molecule has 0 unspecified atom stereocenters. The largest absolute Gasteiger partial charge is 0.385 e. The summed E-state index contributed by atoms with van der Waals surface area (Å²) in [4.78, 5) is 14.2. The standard InChI is InChI=1S/C14H22N2O/c1-5-15-13-9-8-11(4)10-12(13)14(17)16(6-2)7-3/h8-10,15H,5-7H2,1-4H3. The molecule has 3 nitrogen and oxygen atoms in total. The van der Waals surface area contributed by atoms with E-state index in [-0.39, 0.29) is 5.91 Å². The van der Waals surface area contributed by atoms with Crippen LogP contribution in [0.15, 0.2) is 18.2 Å². The van der Waals surface area contributed by atoms with E-state index in [0.29, 0.717) is 0 Å². The van der Waals surface area contributed by atoms with E-state index in [2.05, 4.69) is 5.32 Å². The number of benzene rings is 1. The van der Waals surface area contributed by atoms with Crippen LogP contribution < -0.4 is 5.32 Å². The minimum Gasteiger partial charge on any atom is -0.385 e. The van der Waals surface area contributed by atoms with Gasteiger partial charge >= 0.3 is 0 Å². The van der Waals surface area contributed by atoms with Gasteiger partial charge in [-0.1, -0.05) is 11.6 Å². The average Bonchev–Trinajstić information content (AvgIpc) is 2.33. The Bertz CT molecular complexity index is 384. The fourth-order valence-corrected chi connectivity index (χ4v) is 1.86. The molecule has 1 rings (SSSR count). The molecular formula is C14H22N2O. The number of carbonyl (C=O) groups excluding carboxylic acids is 1. The fraction of sp³-hybridized carbons (Fsp3) is 0.500. The highest BCUT2D eigenvalue weighted by atomic mass is 16.2. The number of carbonyl (C=O) groups is 1. The second-order valence-corrected chi connectivity index (χ2v) is 4.06. The molecule has 1 N–H and O–H groups in total. The number of nitrogens with one attached hydrogen (secondary N) is 1. The summed E-state index contributed by atoms with van der Waals surface area (Å²) in [5.41, 5.74) is 2.81. The molecule has 0 aliphatic carbocycles. The summed E-state index contributed by atoms with van der Waals surface area (Å²) in [7, 11) is 0. The van der Waals surface area contributed by atoms with Crippen LogP contribution in [0.4, 0.5) is 5.69 Å².